The van der Waals surface area contributed by atoms with Crippen LogP contribution in [-0.2, 0) is 9.53 Å². The molecule has 1 heterocycles. The summed E-state index contributed by atoms with van der Waals surface area (Å²) in [6, 6.07) is 5.60. The molecule has 1 unspecified atom stereocenters. The van der Waals surface area contributed by atoms with Crippen LogP contribution in [0.3, 0.4) is 0 Å². The van der Waals surface area contributed by atoms with Crippen LogP contribution in [0.4, 0.5) is 13.2 Å². The highest BCUT2D eigenvalue weighted by Crippen LogP contribution is 2.32. The molecule has 1 aromatic heterocycles. The van der Waals surface area contributed by atoms with Gasteiger partial charge in [-0.15, -0.1) is 13.2 Å². The molecule has 2 aromatic rings. The maximum Gasteiger partial charge on any atom is 0.522 e. The van der Waals surface area contributed by atoms with Crippen molar-refractivity contribution in [1.29, 1.82) is 5.26 Å². The van der Waals surface area contributed by atoms with Crippen LogP contribution in [0.15, 0.2) is 35.3 Å². The quantitative estimate of drug-likeness (QED) is 0.733. The van der Waals surface area contributed by atoms with Crippen molar-refractivity contribution in [2.45, 2.75) is 18.8 Å². The highest BCUT2D eigenvalue weighted by molar-refractivity contribution is 6.33. The molecule has 0 spiro atoms. The molecule has 0 aliphatic carbocycles. The van der Waals surface area contributed by atoms with E-state index < -0.39 is 37.0 Å². The van der Waals surface area contributed by atoms with Crippen molar-refractivity contribution in [1.82, 2.24) is 4.57 Å². The molecule has 2 rings (SSSR count). The van der Waals surface area contributed by atoms with Gasteiger partial charge in [0.15, 0.2) is 0 Å². The lowest BCUT2D eigenvalue weighted by molar-refractivity contribution is -0.325. The second kappa shape index (κ2) is 8.65. The van der Waals surface area contributed by atoms with Gasteiger partial charge in [0, 0.05) is 34.8 Å². The number of rotatable bonds is 6. The van der Waals surface area contributed by atoms with Crippen LogP contribution >= 0.6 is 23.2 Å². The van der Waals surface area contributed by atoms with Crippen molar-refractivity contribution < 1.29 is 27.8 Å². The molecular weight excluding hydrogens is 424 g/mol. The normalized spacial score (nSPS) is 12.4. The van der Waals surface area contributed by atoms with Gasteiger partial charge in [0.25, 0.3) is 5.56 Å². The Hall–Kier alpha value is -2.54. The molecule has 0 bridgehead atoms. The van der Waals surface area contributed by atoms with E-state index in [9.17, 15) is 33.1 Å². The molecular formula is C17H11Cl2F3N2O4. The van der Waals surface area contributed by atoms with Gasteiger partial charge in [-0.2, -0.15) is 5.26 Å². The summed E-state index contributed by atoms with van der Waals surface area (Å²) in [5.41, 5.74) is -0.256. The maximum absolute atomic E-state index is 12.4. The lowest BCUT2D eigenvalue weighted by atomic mass is 10.0. The van der Waals surface area contributed by atoms with Crippen molar-refractivity contribution in [3.63, 3.8) is 0 Å². The van der Waals surface area contributed by atoms with Gasteiger partial charge in [0.2, 0.25) is 0 Å². The molecule has 1 N–H and O–H groups in total. The topological polar surface area (TPSA) is 92.3 Å². The second-order valence-corrected chi connectivity index (χ2v) is 6.36. The Kier molecular flexibility index (Phi) is 6.72. The second-order valence-electron chi connectivity index (χ2n) is 5.52. The van der Waals surface area contributed by atoms with E-state index in [1.807, 2.05) is 6.07 Å². The first-order chi connectivity index (χ1) is 13.0. The lowest BCUT2D eigenvalue weighted by Gasteiger charge is -2.18. The van der Waals surface area contributed by atoms with E-state index in [0.29, 0.717) is 4.57 Å². The third-order valence-electron chi connectivity index (χ3n) is 3.70. The summed E-state index contributed by atoms with van der Waals surface area (Å²) in [6.45, 7) is -0.959. The molecule has 0 aliphatic heterocycles. The summed E-state index contributed by atoms with van der Waals surface area (Å²) in [5.74, 6) is -1.53. The number of carbonyl (C=O) groups is 1. The van der Waals surface area contributed by atoms with E-state index in [4.69, 9.17) is 23.2 Å². The van der Waals surface area contributed by atoms with Crippen LogP contribution in [0, 0.1) is 11.3 Å². The minimum Gasteiger partial charge on any atom is -0.480 e. The van der Waals surface area contributed by atoms with E-state index in [0.717, 1.165) is 12.3 Å². The van der Waals surface area contributed by atoms with Crippen LogP contribution in [-0.4, -0.2) is 28.6 Å². The summed E-state index contributed by atoms with van der Waals surface area (Å²) in [4.78, 5) is 23.8. The first kappa shape index (κ1) is 21.8. The minimum absolute atomic E-state index is 0.0821. The number of halogens is 5. The molecule has 6 nitrogen and oxygen atoms in total. The molecule has 0 amide bonds. The van der Waals surface area contributed by atoms with Gasteiger partial charge in [-0.3, -0.25) is 14.1 Å². The molecule has 0 aliphatic rings. The monoisotopic (exact) mass is 434 g/mol. The first-order valence-corrected chi connectivity index (χ1v) is 8.34. The van der Waals surface area contributed by atoms with E-state index in [2.05, 4.69) is 4.74 Å². The zero-order valence-corrected chi connectivity index (χ0v) is 15.3. The molecule has 0 fully saturated rings. The van der Waals surface area contributed by atoms with Gasteiger partial charge in [-0.1, -0.05) is 23.2 Å². The van der Waals surface area contributed by atoms with E-state index >= 15 is 0 Å². The van der Waals surface area contributed by atoms with Gasteiger partial charge >= 0.3 is 12.3 Å². The third-order valence-corrected chi connectivity index (χ3v) is 4.24. The van der Waals surface area contributed by atoms with Gasteiger partial charge in [-0.05, 0) is 18.2 Å². The maximum atomic E-state index is 12.4. The van der Waals surface area contributed by atoms with Gasteiger partial charge < -0.3 is 5.11 Å². The number of aromatic nitrogens is 1. The average Bonchev–Trinajstić information content (AvgIpc) is 2.59. The number of ether oxygens (including phenoxy) is 1. The number of alkyl halides is 3. The summed E-state index contributed by atoms with van der Waals surface area (Å²) in [6.07, 6.45) is -4.55. The Morgan fingerprint density at radius 3 is 2.54 bits per heavy atom. The summed E-state index contributed by atoms with van der Waals surface area (Å²) >= 11 is 12.1. The Morgan fingerprint density at radius 1 is 1.29 bits per heavy atom. The minimum atomic E-state index is -4.92. The largest absolute Gasteiger partial charge is 0.522 e. The van der Waals surface area contributed by atoms with Crippen LogP contribution < -0.4 is 5.56 Å². The molecule has 1 atom stereocenters. The SMILES string of the molecule is N#Cc1ccc(Cl)cc1-c1cc(=O)n(C(CCOC(F)(F)F)C(=O)O)cc1Cl. The Bertz CT molecular complexity index is 999. The predicted molar refractivity (Wildman–Crippen MR) is 94.2 cm³/mol. The standard InChI is InChI=1S/C17H11Cl2F3N2O4/c18-10-2-1-9(7-23)11(5-10)12-6-15(25)24(8-13(12)19)14(16(26)27)3-4-28-17(20,21)22/h1-2,5-6,8,14H,3-4H2,(H,26,27). The number of hydrogen-bond acceptors (Lipinski definition) is 4. The molecule has 28 heavy (non-hydrogen) atoms. The Morgan fingerprint density at radius 2 is 1.96 bits per heavy atom. The van der Waals surface area contributed by atoms with Crippen molar-refractivity contribution >= 4 is 29.2 Å². The fraction of sp³-hybridized carbons (Fsp3) is 0.235. The summed E-state index contributed by atoms with van der Waals surface area (Å²) in [7, 11) is 0. The number of aliphatic carboxylic acids is 1. The Balaban J connectivity index is 2.45. The smallest absolute Gasteiger partial charge is 0.480 e. The van der Waals surface area contributed by atoms with Crippen molar-refractivity contribution in [3.8, 4) is 17.2 Å². The average molecular weight is 435 g/mol. The van der Waals surface area contributed by atoms with Crippen molar-refractivity contribution in [2.24, 2.45) is 0 Å². The first-order valence-electron chi connectivity index (χ1n) is 7.58. The molecule has 148 valence electrons. The van der Waals surface area contributed by atoms with E-state index in [-0.39, 0.29) is 26.7 Å². The van der Waals surface area contributed by atoms with Gasteiger partial charge in [0.1, 0.15) is 6.04 Å². The number of benzene rings is 1. The van der Waals surface area contributed by atoms with Crippen LogP contribution in [0.1, 0.15) is 18.0 Å². The number of carboxylic acids is 1. The number of pyridine rings is 1. The molecule has 0 saturated carbocycles. The molecule has 1 aromatic carbocycles. The zero-order chi connectivity index (χ0) is 21.1. The highest BCUT2D eigenvalue weighted by atomic mass is 35.5. The number of nitriles is 1. The highest BCUT2D eigenvalue weighted by Gasteiger charge is 2.30. The van der Waals surface area contributed by atoms with Gasteiger partial charge in [-0.25, -0.2) is 4.79 Å². The molecule has 11 heteroatoms. The number of hydrogen-bond donors (Lipinski definition) is 1. The molecule has 0 saturated heterocycles. The number of carboxylic acid groups (broad SMARTS) is 1. The third kappa shape index (κ3) is 5.25. The van der Waals surface area contributed by atoms with Gasteiger partial charge in [0.05, 0.1) is 23.3 Å². The number of nitrogens with zero attached hydrogens (tertiary/aromatic N) is 2. The van der Waals surface area contributed by atoms with E-state index in [1.165, 1.54) is 18.2 Å². The van der Waals surface area contributed by atoms with E-state index in [1.54, 1.807) is 0 Å². The fourth-order valence-electron chi connectivity index (χ4n) is 2.48. The van der Waals surface area contributed by atoms with Crippen LogP contribution in [0.25, 0.3) is 11.1 Å². The van der Waals surface area contributed by atoms with Crippen LogP contribution in [0.2, 0.25) is 10.0 Å². The zero-order valence-electron chi connectivity index (χ0n) is 13.8. The summed E-state index contributed by atoms with van der Waals surface area (Å²) < 4.78 is 40.6. The van der Waals surface area contributed by atoms with Crippen molar-refractivity contribution in [2.75, 3.05) is 6.61 Å². The van der Waals surface area contributed by atoms with Crippen LogP contribution in [0.5, 0.6) is 0 Å². The van der Waals surface area contributed by atoms with Crippen molar-refractivity contribution in [3.05, 3.63) is 56.4 Å². The lowest BCUT2D eigenvalue weighted by Crippen LogP contribution is -2.31. The predicted octanol–water partition coefficient (Wildman–Crippen LogP) is 4.25. The Labute approximate surface area is 166 Å². The molecule has 0 radical (unpaired) electrons. The summed E-state index contributed by atoms with van der Waals surface area (Å²) in [5, 5.41) is 18.7. The fourth-order valence-corrected chi connectivity index (χ4v) is 2.91.